The molecule has 0 spiro atoms. The van der Waals surface area contributed by atoms with E-state index in [1.165, 1.54) is 6.08 Å². The largest absolute Gasteiger partial charge is 0.490 e. The van der Waals surface area contributed by atoms with Crippen molar-refractivity contribution in [3.63, 3.8) is 0 Å². The average Bonchev–Trinajstić information content (AvgIpc) is 2.82. The van der Waals surface area contributed by atoms with Crippen molar-refractivity contribution in [3.05, 3.63) is 71.1 Å². The highest BCUT2D eigenvalue weighted by molar-refractivity contribution is 5.96. The molecule has 3 aliphatic carbocycles. The summed E-state index contributed by atoms with van der Waals surface area (Å²) in [4.78, 5) is 23.0. The summed E-state index contributed by atoms with van der Waals surface area (Å²) in [5, 5.41) is 11.4. The molecule has 2 N–H and O–H groups in total. The lowest BCUT2D eigenvalue weighted by molar-refractivity contribution is -0.160. The minimum atomic E-state index is -4.22. The van der Waals surface area contributed by atoms with E-state index in [0.29, 0.717) is 17.9 Å². The van der Waals surface area contributed by atoms with Crippen LogP contribution in [0, 0.1) is 29.6 Å². The average molecular weight is 534 g/mol. The van der Waals surface area contributed by atoms with Crippen molar-refractivity contribution in [3.8, 4) is 0 Å². The molecule has 0 aliphatic heterocycles. The SMILES string of the molecule is CC1=CC(OC(CC(C)C)C2C=CC(C(=O)NCCC(=O)O)=CC2)=CC(C)C1C1=CCC(C(F)(F)F)C=C1. The van der Waals surface area contributed by atoms with E-state index in [0.717, 1.165) is 23.3 Å². The van der Waals surface area contributed by atoms with Gasteiger partial charge in [-0.15, -0.1) is 0 Å². The minimum Gasteiger partial charge on any atom is -0.490 e. The van der Waals surface area contributed by atoms with E-state index in [-0.39, 0.29) is 49.2 Å². The normalized spacial score (nSPS) is 26.2. The Balaban J connectivity index is 1.65. The molecule has 0 aromatic carbocycles. The third-order valence-corrected chi connectivity index (χ3v) is 7.21. The van der Waals surface area contributed by atoms with Crippen LogP contribution in [0.15, 0.2) is 71.1 Å². The van der Waals surface area contributed by atoms with Crippen molar-refractivity contribution < 1.29 is 32.6 Å². The zero-order valence-corrected chi connectivity index (χ0v) is 22.4. The highest BCUT2D eigenvalue weighted by Crippen LogP contribution is 2.41. The topological polar surface area (TPSA) is 75.6 Å². The van der Waals surface area contributed by atoms with E-state index in [4.69, 9.17) is 9.84 Å². The number of alkyl halides is 3. The zero-order chi connectivity index (χ0) is 28.0. The van der Waals surface area contributed by atoms with Crippen LogP contribution in [0.3, 0.4) is 0 Å². The van der Waals surface area contributed by atoms with E-state index < -0.39 is 18.1 Å². The molecular formula is C30H38F3NO4. The molecular weight excluding hydrogens is 495 g/mol. The molecule has 1 amide bonds. The number of allylic oxidation sites excluding steroid dienone is 8. The third kappa shape index (κ3) is 7.98. The van der Waals surface area contributed by atoms with Gasteiger partial charge in [-0.25, -0.2) is 0 Å². The molecule has 0 bridgehead atoms. The van der Waals surface area contributed by atoms with Gasteiger partial charge in [-0.05, 0) is 55.7 Å². The van der Waals surface area contributed by atoms with Gasteiger partial charge in [0.1, 0.15) is 11.9 Å². The molecule has 5 unspecified atom stereocenters. The van der Waals surface area contributed by atoms with Gasteiger partial charge in [-0.2, -0.15) is 13.2 Å². The number of carboxylic acid groups (broad SMARTS) is 1. The lowest BCUT2D eigenvalue weighted by Gasteiger charge is -2.33. The van der Waals surface area contributed by atoms with Crippen LogP contribution in [-0.2, 0) is 14.3 Å². The number of halogens is 3. The molecule has 5 atom stereocenters. The van der Waals surface area contributed by atoms with Crippen molar-refractivity contribution in [2.24, 2.45) is 29.6 Å². The Morgan fingerprint density at radius 3 is 2.42 bits per heavy atom. The second-order valence-corrected chi connectivity index (χ2v) is 10.8. The summed E-state index contributed by atoms with van der Waals surface area (Å²) < 4.78 is 45.7. The maximum absolute atomic E-state index is 13.1. The van der Waals surface area contributed by atoms with Gasteiger partial charge in [0, 0.05) is 24.0 Å². The van der Waals surface area contributed by atoms with Crippen molar-refractivity contribution in [1.29, 1.82) is 0 Å². The second kappa shape index (κ2) is 12.7. The lowest BCUT2D eigenvalue weighted by atomic mass is 9.76. The van der Waals surface area contributed by atoms with Crippen LogP contribution in [0.5, 0.6) is 0 Å². The van der Waals surface area contributed by atoms with Crippen LogP contribution >= 0.6 is 0 Å². The Morgan fingerprint density at radius 1 is 1.16 bits per heavy atom. The molecule has 0 aromatic heterocycles. The smallest absolute Gasteiger partial charge is 0.395 e. The van der Waals surface area contributed by atoms with E-state index >= 15 is 0 Å². The van der Waals surface area contributed by atoms with Crippen LogP contribution in [0.2, 0.25) is 0 Å². The first kappa shape index (κ1) is 29.5. The molecule has 5 nitrogen and oxygen atoms in total. The molecule has 208 valence electrons. The minimum absolute atomic E-state index is 0.0102. The molecule has 3 aliphatic rings. The number of ether oxygens (including phenoxy) is 1. The molecule has 0 fully saturated rings. The first-order chi connectivity index (χ1) is 17.8. The number of nitrogens with one attached hydrogen (secondary N) is 1. The fourth-order valence-electron chi connectivity index (χ4n) is 5.30. The van der Waals surface area contributed by atoms with Gasteiger partial charge in [0.25, 0.3) is 5.91 Å². The van der Waals surface area contributed by atoms with Gasteiger partial charge in [-0.3, -0.25) is 9.59 Å². The standard InChI is InChI=1S/C30H38F3NO4/c1-18(2)15-26(21-5-7-23(8-6-21)29(37)34-14-13-27(35)36)38-25-16-19(3)28(20(4)17-25)22-9-11-24(12-10-22)30(31,32)33/h5,7-11,16-19,21,24,26,28H,6,12-15H2,1-4H3,(H,34,37)(H,35,36). The fourth-order valence-corrected chi connectivity index (χ4v) is 5.30. The lowest BCUT2D eigenvalue weighted by Crippen LogP contribution is -2.30. The summed E-state index contributed by atoms with van der Waals surface area (Å²) in [6, 6.07) is 0. The zero-order valence-electron chi connectivity index (χ0n) is 22.4. The number of carbonyl (C=O) groups excluding carboxylic acids is 1. The Bertz CT molecular complexity index is 1080. The molecule has 3 rings (SSSR count). The monoisotopic (exact) mass is 533 g/mol. The number of carbonyl (C=O) groups is 2. The Morgan fingerprint density at radius 2 is 1.89 bits per heavy atom. The highest BCUT2D eigenvalue weighted by Gasteiger charge is 2.39. The Kier molecular flexibility index (Phi) is 9.85. The van der Waals surface area contributed by atoms with Gasteiger partial charge >= 0.3 is 12.1 Å². The quantitative estimate of drug-likeness (QED) is 0.329. The van der Waals surface area contributed by atoms with Gasteiger partial charge in [-0.1, -0.05) is 62.8 Å². The van der Waals surface area contributed by atoms with E-state index in [2.05, 4.69) is 32.2 Å². The second-order valence-electron chi connectivity index (χ2n) is 10.8. The summed E-state index contributed by atoms with van der Waals surface area (Å²) in [5.41, 5.74) is 2.48. The number of hydrogen-bond acceptors (Lipinski definition) is 3. The number of hydrogen-bond donors (Lipinski definition) is 2. The van der Waals surface area contributed by atoms with E-state index in [1.54, 1.807) is 18.2 Å². The maximum Gasteiger partial charge on any atom is 0.395 e. The van der Waals surface area contributed by atoms with Crippen LogP contribution in [0.4, 0.5) is 13.2 Å². The molecule has 0 saturated heterocycles. The van der Waals surface area contributed by atoms with Gasteiger partial charge < -0.3 is 15.2 Å². The number of amides is 1. The van der Waals surface area contributed by atoms with Gasteiger partial charge in [0.2, 0.25) is 0 Å². The first-order valence-electron chi connectivity index (χ1n) is 13.2. The third-order valence-electron chi connectivity index (χ3n) is 7.21. The Labute approximate surface area is 222 Å². The van der Waals surface area contributed by atoms with Crippen molar-refractivity contribution in [2.45, 2.75) is 65.7 Å². The van der Waals surface area contributed by atoms with Crippen molar-refractivity contribution in [1.82, 2.24) is 5.32 Å². The summed E-state index contributed by atoms with van der Waals surface area (Å²) in [5.74, 6) is -1.38. The molecule has 0 radical (unpaired) electrons. The number of aliphatic carboxylic acids is 1. The van der Waals surface area contributed by atoms with Crippen molar-refractivity contribution in [2.75, 3.05) is 6.54 Å². The highest BCUT2D eigenvalue weighted by atomic mass is 19.4. The number of rotatable bonds is 10. The van der Waals surface area contributed by atoms with Crippen LogP contribution in [0.1, 0.15) is 53.4 Å². The van der Waals surface area contributed by atoms with E-state index in [1.807, 2.05) is 25.2 Å². The maximum atomic E-state index is 13.1. The Hall–Kier alpha value is -3.03. The fraction of sp³-hybridized carbons (Fsp3) is 0.533. The first-order valence-corrected chi connectivity index (χ1v) is 13.2. The number of carboxylic acids is 1. The predicted molar refractivity (Wildman–Crippen MR) is 141 cm³/mol. The summed E-state index contributed by atoms with van der Waals surface area (Å²) in [6.45, 7) is 8.40. The molecule has 0 aromatic rings. The van der Waals surface area contributed by atoms with Gasteiger partial charge in [0.15, 0.2) is 0 Å². The van der Waals surface area contributed by atoms with Crippen molar-refractivity contribution >= 4 is 11.9 Å². The predicted octanol–water partition coefficient (Wildman–Crippen LogP) is 6.67. The van der Waals surface area contributed by atoms with Crippen LogP contribution < -0.4 is 5.32 Å². The summed E-state index contributed by atoms with van der Waals surface area (Å²) in [6.07, 6.45) is 11.2. The van der Waals surface area contributed by atoms with Crippen LogP contribution in [0.25, 0.3) is 0 Å². The van der Waals surface area contributed by atoms with E-state index in [9.17, 15) is 22.8 Å². The summed E-state index contributed by atoms with van der Waals surface area (Å²) >= 11 is 0. The molecule has 8 heteroatoms. The van der Waals surface area contributed by atoms with Crippen LogP contribution in [-0.4, -0.2) is 35.8 Å². The summed E-state index contributed by atoms with van der Waals surface area (Å²) in [7, 11) is 0. The van der Waals surface area contributed by atoms with Gasteiger partial charge in [0.05, 0.1) is 12.3 Å². The molecule has 38 heavy (non-hydrogen) atoms. The molecule has 0 saturated carbocycles. The molecule has 0 heterocycles.